The zero-order valence-electron chi connectivity index (χ0n) is 23.4. The number of nitrogens with one attached hydrogen (secondary N) is 3. The van der Waals surface area contributed by atoms with Crippen molar-refractivity contribution in [1.29, 1.82) is 0 Å². The minimum Gasteiger partial charge on any atom is -0.440 e. The van der Waals surface area contributed by atoms with Crippen LogP contribution in [0.2, 0.25) is 5.02 Å². The van der Waals surface area contributed by atoms with Gasteiger partial charge >= 0.3 is 6.09 Å². The molecule has 1 saturated heterocycles. The fraction of sp³-hybridized carbons (Fsp3) is 0.500. The molecule has 1 fully saturated rings. The van der Waals surface area contributed by atoms with E-state index in [2.05, 4.69) is 16.0 Å². The molecule has 0 spiro atoms. The molecule has 2 aromatic rings. The van der Waals surface area contributed by atoms with E-state index in [-0.39, 0.29) is 24.3 Å². The van der Waals surface area contributed by atoms with Gasteiger partial charge in [-0.25, -0.2) is 9.18 Å². The second kappa shape index (κ2) is 13.9. The maximum atomic E-state index is 13.7. The van der Waals surface area contributed by atoms with Crippen molar-refractivity contribution < 1.29 is 28.6 Å². The summed E-state index contributed by atoms with van der Waals surface area (Å²) < 4.78 is 19.7. The fourth-order valence-corrected chi connectivity index (χ4v) is 5.18. The lowest BCUT2D eigenvalue weighted by Crippen LogP contribution is -2.52. The first-order valence-corrected chi connectivity index (χ1v) is 14.0. The first kappa shape index (κ1) is 31.4. The first-order valence-electron chi connectivity index (χ1n) is 13.6. The third kappa shape index (κ3) is 8.41. The van der Waals surface area contributed by atoms with Crippen molar-refractivity contribution in [2.24, 2.45) is 11.8 Å². The van der Waals surface area contributed by atoms with Crippen molar-refractivity contribution in [2.45, 2.75) is 70.6 Å². The lowest BCUT2D eigenvalue weighted by molar-refractivity contribution is -0.126. The third-order valence-corrected chi connectivity index (χ3v) is 7.47. The molecule has 3 amide bonds. The average Bonchev–Trinajstić information content (AvgIpc) is 3.30. The molecule has 218 valence electrons. The van der Waals surface area contributed by atoms with E-state index in [9.17, 15) is 23.9 Å². The summed E-state index contributed by atoms with van der Waals surface area (Å²) in [5.74, 6) is -1.23. The van der Waals surface area contributed by atoms with E-state index < -0.39 is 41.4 Å². The maximum absolute atomic E-state index is 13.7. The summed E-state index contributed by atoms with van der Waals surface area (Å²) in [4.78, 5) is 38.5. The van der Waals surface area contributed by atoms with Gasteiger partial charge in [0.15, 0.2) is 0 Å². The number of aliphatic hydroxyl groups is 1. The second-order valence-corrected chi connectivity index (χ2v) is 11.7. The highest BCUT2D eigenvalue weighted by Crippen LogP contribution is 2.40. The lowest BCUT2D eigenvalue weighted by atomic mass is 9.76. The summed E-state index contributed by atoms with van der Waals surface area (Å²) >= 11 is 6.24. The number of halogens is 2. The van der Waals surface area contributed by atoms with Crippen LogP contribution in [-0.4, -0.2) is 48.2 Å². The summed E-state index contributed by atoms with van der Waals surface area (Å²) in [5.41, 5.74) is 0.599. The highest BCUT2D eigenvalue weighted by molar-refractivity contribution is 6.30. The summed E-state index contributed by atoms with van der Waals surface area (Å²) in [7, 11) is 0. The van der Waals surface area contributed by atoms with Crippen molar-refractivity contribution in [2.75, 3.05) is 13.2 Å². The standard InChI is InChI=1S/C30H39ClFN3O5/c1-18(2)14-25(28(38)34-24(17-36)15-20-12-13-33-27(20)37)35-29(39)40-26(19-8-10-23(32)11-9-19)30(3,4)21-6-5-7-22(31)16-21/h5-11,16,18,20,24-26,36H,12-15,17H2,1-4H3,(H,33,37)(H,34,38)(H,35,39)/t20-,24?,25?,26?/m0/s1. The lowest BCUT2D eigenvalue weighted by Gasteiger charge is -2.35. The summed E-state index contributed by atoms with van der Waals surface area (Å²) in [6.07, 6.45) is -0.408. The maximum Gasteiger partial charge on any atom is 0.408 e. The monoisotopic (exact) mass is 575 g/mol. The van der Waals surface area contributed by atoms with Crippen LogP contribution in [0.4, 0.5) is 9.18 Å². The topological polar surface area (TPSA) is 117 Å². The highest BCUT2D eigenvalue weighted by Gasteiger charge is 2.37. The van der Waals surface area contributed by atoms with Crippen LogP contribution in [0.5, 0.6) is 0 Å². The Morgan fingerprint density at radius 2 is 1.88 bits per heavy atom. The van der Waals surface area contributed by atoms with Crippen LogP contribution < -0.4 is 16.0 Å². The smallest absolute Gasteiger partial charge is 0.408 e. The Morgan fingerprint density at radius 3 is 2.45 bits per heavy atom. The summed E-state index contributed by atoms with van der Waals surface area (Å²) in [6, 6.07) is 11.3. The van der Waals surface area contributed by atoms with Gasteiger partial charge in [0, 0.05) is 22.9 Å². The molecular formula is C30H39ClFN3O5. The molecule has 0 radical (unpaired) electrons. The Morgan fingerprint density at radius 1 is 1.18 bits per heavy atom. The fourth-order valence-electron chi connectivity index (χ4n) is 4.99. The molecule has 40 heavy (non-hydrogen) atoms. The Balaban J connectivity index is 1.79. The van der Waals surface area contributed by atoms with Gasteiger partial charge < -0.3 is 25.8 Å². The van der Waals surface area contributed by atoms with Crippen LogP contribution in [-0.2, 0) is 19.7 Å². The minimum absolute atomic E-state index is 0.0556. The van der Waals surface area contributed by atoms with Gasteiger partial charge in [-0.1, -0.05) is 63.6 Å². The van der Waals surface area contributed by atoms with Crippen LogP contribution in [0.25, 0.3) is 0 Å². The first-order chi connectivity index (χ1) is 18.9. The van der Waals surface area contributed by atoms with Crippen molar-refractivity contribution in [1.82, 2.24) is 16.0 Å². The molecule has 0 bridgehead atoms. The average molecular weight is 576 g/mol. The van der Waals surface area contributed by atoms with E-state index in [0.29, 0.717) is 36.4 Å². The van der Waals surface area contributed by atoms with Crippen LogP contribution in [0.1, 0.15) is 64.2 Å². The van der Waals surface area contributed by atoms with E-state index in [1.807, 2.05) is 33.8 Å². The second-order valence-electron chi connectivity index (χ2n) is 11.3. The SMILES string of the molecule is CC(C)CC(NC(=O)OC(c1ccc(F)cc1)C(C)(C)c1cccc(Cl)c1)C(=O)NC(CO)C[C@@H]1CCNC1=O. The van der Waals surface area contributed by atoms with Crippen LogP contribution in [0.15, 0.2) is 48.5 Å². The normalized spacial score (nSPS) is 17.6. The molecule has 3 rings (SSSR count). The number of hydrogen-bond donors (Lipinski definition) is 4. The molecule has 1 aliphatic heterocycles. The van der Waals surface area contributed by atoms with Gasteiger partial charge in [0.05, 0.1) is 12.6 Å². The van der Waals surface area contributed by atoms with Crippen LogP contribution >= 0.6 is 11.6 Å². The molecule has 4 atom stereocenters. The third-order valence-electron chi connectivity index (χ3n) is 7.24. The van der Waals surface area contributed by atoms with Crippen molar-refractivity contribution >= 4 is 29.5 Å². The molecule has 4 N–H and O–H groups in total. The Kier molecular flexibility index (Phi) is 10.9. The van der Waals surface area contributed by atoms with Crippen molar-refractivity contribution in [3.05, 3.63) is 70.5 Å². The number of benzene rings is 2. The van der Waals surface area contributed by atoms with E-state index >= 15 is 0 Å². The number of alkyl carbamates (subject to hydrolysis) is 1. The molecule has 10 heteroatoms. The Hall–Kier alpha value is -3.17. The predicted octanol–water partition coefficient (Wildman–Crippen LogP) is 4.64. The number of hydrogen-bond acceptors (Lipinski definition) is 5. The quantitative estimate of drug-likeness (QED) is 0.294. The largest absolute Gasteiger partial charge is 0.440 e. The Labute approximate surface area is 240 Å². The molecule has 1 aliphatic rings. The number of carbonyl (C=O) groups is 3. The van der Waals surface area contributed by atoms with E-state index in [0.717, 1.165) is 5.56 Å². The van der Waals surface area contributed by atoms with Crippen molar-refractivity contribution in [3.8, 4) is 0 Å². The van der Waals surface area contributed by atoms with Gasteiger partial charge in [-0.2, -0.15) is 0 Å². The van der Waals surface area contributed by atoms with Gasteiger partial charge in [-0.15, -0.1) is 0 Å². The van der Waals surface area contributed by atoms with Crippen molar-refractivity contribution in [3.63, 3.8) is 0 Å². The van der Waals surface area contributed by atoms with Gasteiger partial charge in [0.2, 0.25) is 11.8 Å². The summed E-state index contributed by atoms with van der Waals surface area (Å²) in [5, 5.41) is 18.6. The number of aliphatic hydroxyl groups excluding tert-OH is 1. The van der Waals surface area contributed by atoms with Crippen LogP contribution in [0, 0.1) is 17.7 Å². The molecule has 0 aromatic heterocycles. The number of ether oxygens (including phenoxy) is 1. The zero-order valence-corrected chi connectivity index (χ0v) is 24.1. The molecule has 0 saturated carbocycles. The van der Waals surface area contributed by atoms with Gasteiger partial charge in [0.1, 0.15) is 18.0 Å². The number of carbonyl (C=O) groups excluding carboxylic acids is 3. The molecule has 0 aliphatic carbocycles. The Bertz CT molecular complexity index is 1170. The van der Waals surface area contributed by atoms with Gasteiger partial charge in [-0.3, -0.25) is 9.59 Å². The van der Waals surface area contributed by atoms with Gasteiger partial charge in [-0.05, 0) is 60.6 Å². The molecule has 8 nitrogen and oxygen atoms in total. The molecular weight excluding hydrogens is 537 g/mol. The number of amides is 3. The molecule has 2 aromatic carbocycles. The predicted molar refractivity (Wildman–Crippen MR) is 151 cm³/mol. The number of rotatable bonds is 12. The molecule has 1 heterocycles. The van der Waals surface area contributed by atoms with Gasteiger partial charge in [0.25, 0.3) is 0 Å². The van der Waals surface area contributed by atoms with E-state index in [1.165, 1.54) is 12.1 Å². The van der Waals surface area contributed by atoms with Crippen LogP contribution in [0.3, 0.4) is 0 Å². The van der Waals surface area contributed by atoms with E-state index in [1.54, 1.807) is 30.3 Å². The zero-order chi connectivity index (χ0) is 29.4. The minimum atomic E-state index is -0.942. The molecule has 3 unspecified atom stereocenters. The highest BCUT2D eigenvalue weighted by atomic mass is 35.5. The van der Waals surface area contributed by atoms with E-state index in [4.69, 9.17) is 16.3 Å². The summed E-state index contributed by atoms with van der Waals surface area (Å²) in [6.45, 7) is 7.85.